The van der Waals surface area contributed by atoms with Gasteiger partial charge in [-0.15, -0.1) is 0 Å². The average molecular weight is 451 g/mol. The van der Waals surface area contributed by atoms with Crippen LogP contribution in [0.3, 0.4) is 0 Å². The Bertz CT molecular complexity index is 1220. The fraction of sp³-hybridized carbons (Fsp3) is 0.105. The highest BCUT2D eigenvalue weighted by molar-refractivity contribution is 7.20. The smallest absolute Gasteiger partial charge is 0.263 e. The van der Waals surface area contributed by atoms with Gasteiger partial charge in [-0.05, 0) is 37.3 Å². The van der Waals surface area contributed by atoms with Crippen molar-refractivity contribution in [2.24, 2.45) is 0 Å². The molecule has 0 unspecified atom stereocenters. The number of carbonyl (C=O) groups is 1. The zero-order valence-corrected chi connectivity index (χ0v) is 17.3. The summed E-state index contributed by atoms with van der Waals surface area (Å²) in [6.07, 6.45) is 0. The van der Waals surface area contributed by atoms with Crippen LogP contribution in [0.2, 0.25) is 10.0 Å². The SMILES string of the molecule is Cc1cc(NC(=O)COc2ccc(Cl)cc2Cl)n(-c2nc3c(F)cccc3s2)n1. The van der Waals surface area contributed by atoms with E-state index in [0.29, 0.717) is 37.1 Å². The first-order valence-corrected chi connectivity index (χ1v) is 9.98. The number of nitrogens with one attached hydrogen (secondary N) is 1. The van der Waals surface area contributed by atoms with E-state index in [-0.39, 0.29) is 12.1 Å². The van der Waals surface area contributed by atoms with E-state index in [4.69, 9.17) is 27.9 Å². The molecule has 0 aliphatic carbocycles. The molecule has 0 saturated heterocycles. The molecule has 6 nitrogen and oxygen atoms in total. The molecule has 0 saturated carbocycles. The molecule has 0 aliphatic heterocycles. The van der Waals surface area contributed by atoms with Crippen LogP contribution in [-0.4, -0.2) is 27.3 Å². The number of aryl methyl sites for hydroxylation is 1. The van der Waals surface area contributed by atoms with Gasteiger partial charge >= 0.3 is 0 Å². The van der Waals surface area contributed by atoms with Crippen molar-refractivity contribution >= 4 is 56.5 Å². The summed E-state index contributed by atoms with van der Waals surface area (Å²) in [6, 6.07) is 11.2. The van der Waals surface area contributed by atoms with Crippen molar-refractivity contribution in [2.45, 2.75) is 6.92 Å². The molecule has 4 rings (SSSR count). The molecular weight excluding hydrogens is 438 g/mol. The van der Waals surface area contributed by atoms with Crippen LogP contribution in [0.5, 0.6) is 5.75 Å². The first-order chi connectivity index (χ1) is 13.9. The minimum absolute atomic E-state index is 0.263. The molecule has 0 bridgehead atoms. The number of benzene rings is 2. The van der Waals surface area contributed by atoms with Gasteiger partial charge in [-0.25, -0.2) is 9.37 Å². The van der Waals surface area contributed by atoms with Crippen molar-refractivity contribution in [1.29, 1.82) is 0 Å². The highest BCUT2D eigenvalue weighted by Gasteiger charge is 2.16. The lowest BCUT2D eigenvalue weighted by Crippen LogP contribution is -2.22. The molecule has 2 heterocycles. The lowest BCUT2D eigenvalue weighted by Gasteiger charge is -2.09. The van der Waals surface area contributed by atoms with Crippen LogP contribution in [0.4, 0.5) is 10.2 Å². The van der Waals surface area contributed by atoms with E-state index < -0.39 is 11.7 Å². The number of fused-ring (bicyclic) bond motifs is 1. The zero-order valence-electron chi connectivity index (χ0n) is 14.9. The number of anilines is 1. The second kappa shape index (κ2) is 7.98. The van der Waals surface area contributed by atoms with Gasteiger partial charge in [0, 0.05) is 11.1 Å². The molecule has 148 valence electrons. The van der Waals surface area contributed by atoms with Gasteiger partial charge in [0.15, 0.2) is 6.61 Å². The van der Waals surface area contributed by atoms with Crippen LogP contribution in [0.25, 0.3) is 15.3 Å². The van der Waals surface area contributed by atoms with Gasteiger partial charge in [0.1, 0.15) is 22.9 Å². The maximum Gasteiger partial charge on any atom is 0.263 e. The predicted octanol–water partition coefficient (Wildman–Crippen LogP) is 5.25. The molecule has 1 amide bonds. The molecule has 10 heteroatoms. The molecule has 4 aromatic rings. The first-order valence-electron chi connectivity index (χ1n) is 8.40. The summed E-state index contributed by atoms with van der Waals surface area (Å²) in [7, 11) is 0. The summed E-state index contributed by atoms with van der Waals surface area (Å²) in [4.78, 5) is 16.7. The number of rotatable bonds is 5. The van der Waals surface area contributed by atoms with Crippen LogP contribution < -0.4 is 10.1 Å². The second-order valence-corrected chi connectivity index (χ2v) is 7.93. The Kier molecular flexibility index (Phi) is 5.40. The molecule has 0 radical (unpaired) electrons. The van der Waals surface area contributed by atoms with Gasteiger partial charge in [0.2, 0.25) is 5.13 Å². The number of halogens is 3. The number of hydrogen-bond donors (Lipinski definition) is 1. The molecule has 2 aromatic heterocycles. The van der Waals surface area contributed by atoms with Gasteiger partial charge in [-0.2, -0.15) is 9.78 Å². The van der Waals surface area contributed by atoms with Gasteiger partial charge in [-0.3, -0.25) is 4.79 Å². The standard InChI is InChI=1S/C19H13Cl2FN4O2S/c1-10-7-16(23-17(27)9-28-14-6-5-11(20)8-12(14)21)26(25-10)19-24-18-13(22)3-2-4-15(18)29-19/h2-8H,9H2,1H3,(H,23,27). The molecule has 29 heavy (non-hydrogen) atoms. The number of ether oxygens (including phenoxy) is 1. The third-order valence-corrected chi connectivity index (χ3v) is 5.42. The maximum atomic E-state index is 14.0. The third kappa shape index (κ3) is 4.19. The molecule has 0 spiro atoms. The molecule has 0 fully saturated rings. The van der Waals surface area contributed by atoms with E-state index in [9.17, 15) is 9.18 Å². The van der Waals surface area contributed by atoms with Crippen LogP contribution in [0.15, 0.2) is 42.5 Å². The van der Waals surface area contributed by atoms with Gasteiger partial charge in [0.05, 0.1) is 15.4 Å². The van der Waals surface area contributed by atoms with Crippen LogP contribution >= 0.6 is 34.5 Å². The normalized spacial score (nSPS) is 11.0. The third-order valence-electron chi connectivity index (χ3n) is 3.89. The summed E-state index contributed by atoms with van der Waals surface area (Å²) in [5.41, 5.74) is 0.931. The van der Waals surface area contributed by atoms with E-state index in [1.165, 1.54) is 28.2 Å². The predicted molar refractivity (Wildman–Crippen MR) is 112 cm³/mol. The summed E-state index contributed by atoms with van der Waals surface area (Å²) in [6.45, 7) is 1.52. The Morgan fingerprint density at radius 3 is 2.86 bits per heavy atom. The van der Waals surface area contributed by atoms with Crippen molar-refractivity contribution < 1.29 is 13.9 Å². The quantitative estimate of drug-likeness (QED) is 0.450. The van der Waals surface area contributed by atoms with Gasteiger partial charge in [-0.1, -0.05) is 40.6 Å². The first kappa shape index (κ1) is 19.6. The summed E-state index contributed by atoms with van der Waals surface area (Å²) < 4.78 is 21.6. The summed E-state index contributed by atoms with van der Waals surface area (Å²) >= 11 is 13.2. The number of aromatic nitrogens is 3. The molecule has 0 aliphatic rings. The van der Waals surface area contributed by atoms with Crippen molar-refractivity contribution in [3.63, 3.8) is 0 Å². The fourth-order valence-electron chi connectivity index (χ4n) is 2.64. The van der Waals surface area contributed by atoms with Gasteiger partial charge < -0.3 is 10.1 Å². The highest BCUT2D eigenvalue weighted by Crippen LogP contribution is 2.29. The van der Waals surface area contributed by atoms with E-state index in [1.807, 2.05) is 0 Å². The second-order valence-electron chi connectivity index (χ2n) is 6.08. The van der Waals surface area contributed by atoms with Crippen LogP contribution in [-0.2, 0) is 4.79 Å². The molecular formula is C19H13Cl2FN4O2S. The summed E-state index contributed by atoms with van der Waals surface area (Å²) in [5, 5.41) is 8.30. The monoisotopic (exact) mass is 450 g/mol. The Hall–Kier alpha value is -2.68. The lowest BCUT2D eigenvalue weighted by molar-refractivity contribution is -0.118. The van der Waals surface area contributed by atoms with E-state index in [0.717, 1.165) is 0 Å². The van der Waals surface area contributed by atoms with Crippen molar-refractivity contribution in [2.75, 3.05) is 11.9 Å². The number of para-hydroxylation sites is 1. The van der Waals surface area contributed by atoms with Crippen molar-refractivity contribution in [3.8, 4) is 10.9 Å². The van der Waals surface area contributed by atoms with E-state index in [2.05, 4.69) is 15.4 Å². The Labute approximate surface area is 178 Å². The Balaban J connectivity index is 1.53. The minimum Gasteiger partial charge on any atom is -0.482 e. The number of thiazole rings is 1. The topological polar surface area (TPSA) is 69.0 Å². The largest absolute Gasteiger partial charge is 0.482 e. The molecule has 0 atom stereocenters. The molecule has 2 aromatic carbocycles. The fourth-order valence-corrected chi connectivity index (χ4v) is 4.05. The number of hydrogen-bond acceptors (Lipinski definition) is 5. The Morgan fingerprint density at radius 1 is 1.28 bits per heavy atom. The summed E-state index contributed by atoms with van der Waals surface area (Å²) in [5.74, 6) is -0.0764. The average Bonchev–Trinajstić information content (AvgIpc) is 3.25. The lowest BCUT2D eigenvalue weighted by atomic mass is 10.3. The Morgan fingerprint density at radius 2 is 2.10 bits per heavy atom. The van der Waals surface area contributed by atoms with Crippen LogP contribution in [0, 0.1) is 12.7 Å². The van der Waals surface area contributed by atoms with E-state index >= 15 is 0 Å². The zero-order chi connectivity index (χ0) is 20.5. The highest BCUT2D eigenvalue weighted by atomic mass is 35.5. The van der Waals surface area contributed by atoms with E-state index in [1.54, 1.807) is 37.3 Å². The maximum absolute atomic E-state index is 14.0. The van der Waals surface area contributed by atoms with Crippen molar-refractivity contribution in [1.82, 2.24) is 14.8 Å². The van der Waals surface area contributed by atoms with Crippen LogP contribution in [0.1, 0.15) is 5.69 Å². The minimum atomic E-state index is -0.413. The number of nitrogens with zero attached hydrogens (tertiary/aromatic N) is 3. The van der Waals surface area contributed by atoms with Gasteiger partial charge in [0.25, 0.3) is 5.91 Å². The number of amides is 1. The molecule has 1 N–H and O–H groups in total. The number of carbonyl (C=O) groups excluding carboxylic acids is 1. The van der Waals surface area contributed by atoms with Crippen molar-refractivity contribution in [3.05, 3.63) is 64.0 Å².